The molecule has 3 aliphatic heterocycles. The second-order valence-corrected chi connectivity index (χ2v) is 17.3. The Bertz CT molecular complexity index is 1390. The molecule has 0 aromatic carbocycles. The quantitative estimate of drug-likeness (QED) is 0.222. The molecule has 320 valence electrons. The van der Waals surface area contributed by atoms with Crippen LogP contribution in [0.1, 0.15) is 112 Å². The lowest BCUT2D eigenvalue weighted by Gasteiger charge is -2.49. The lowest BCUT2D eigenvalue weighted by atomic mass is 9.81. The Morgan fingerprint density at radius 3 is 2.21 bits per heavy atom. The van der Waals surface area contributed by atoms with Gasteiger partial charge in [0.15, 0.2) is 6.10 Å². The fourth-order valence-corrected chi connectivity index (χ4v) is 9.54. The Balaban J connectivity index is 1.76. The van der Waals surface area contributed by atoms with E-state index < -0.39 is 84.2 Å². The summed E-state index contributed by atoms with van der Waals surface area (Å²) in [7, 11) is 4.68. The van der Waals surface area contributed by atoms with E-state index >= 15 is 0 Å². The van der Waals surface area contributed by atoms with Gasteiger partial charge in [0.1, 0.15) is 24.0 Å². The maximum absolute atomic E-state index is 14.3. The molecule has 3 heterocycles. The van der Waals surface area contributed by atoms with Crippen molar-refractivity contribution in [1.29, 1.82) is 0 Å². The molecule has 2 saturated heterocycles. The van der Waals surface area contributed by atoms with Gasteiger partial charge in [0, 0.05) is 52.0 Å². The van der Waals surface area contributed by atoms with Gasteiger partial charge in [-0.1, -0.05) is 45.4 Å². The number of aliphatic hydroxyl groups is 4. The van der Waals surface area contributed by atoms with Gasteiger partial charge in [-0.2, -0.15) is 0 Å². The zero-order chi connectivity index (χ0) is 41.5. The Hall–Kier alpha value is -2.23. The molecule has 1 amide bonds. The first-order valence-electron chi connectivity index (χ1n) is 20.9. The number of methoxy groups -OCH3 is 3. The highest BCUT2D eigenvalue weighted by molar-refractivity contribution is 5.88. The van der Waals surface area contributed by atoms with Crippen molar-refractivity contribution in [3.05, 3.63) is 23.3 Å². The van der Waals surface area contributed by atoms with E-state index in [1.807, 2.05) is 32.9 Å². The normalized spacial score (nSPS) is 42.9. The van der Waals surface area contributed by atoms with Gasteiger partial charge < -0.3 is 49.0 Å². The van der Waals surface area contributed by atoms with Crippen LogP contribution >= 0.6 is 0 Å². The number of allylic oxidation sites excluding steroid dienone is 3. The third-order valence-electron chi connectivity index (χ3n) is 13.1. The van der Waals surface area contributed by atoms with Gasteiger partial charge in [-0.05, 0) is 95.5 Å². The van der Waals surface area contributed by atoms with Gasteiger partial charge in [-0.3, -0.25) is 9.59 Å². The summed E-state index contributed by atoms with van der Waals surface area (Å²) < 4.78 is 29.9. The van der Waals surface area contributed by atoms with E-state index in [2.05, 4.69) is 6.92 Å². The highest BCUT2D eigenvalue weighted by atomic mass is 16.7. The topological polar surface area (TPSA) is 182 Å². The third kappa shape index (κ3) is 10.9. The average Bonchev–Trinajstić information content (AvgIpc) is 3.18. The van der Waals surface area contributed by atoms with Crippen molar-refractivity contribution in [2.75, 3.05) is 27.9 Å². The first-order valence-corrected chi connectivity index (χ1v) is 20.9. The molecule has 4 rings (SSSR count). The van der Waals surface area contributed by atoms with Crippen LogP contribution < -0.4 is 0 Å². The van der Waals surface area contributed by atoms with Crippen molar-refractivity contribution >= 4 is 17.7 Å². The van der Waals surface area contributed by atoms with Crippen molar-refractivity contribution in [2.24, 2.45) is 29.6 Å². The lowest BCUT2D eigenvalue weighted by Crippen LogP contribution is -2.66. The van der Waals surface area contributed by atoms with E-state index in [0.717, 1.165) is 5.57 Å². The van der Waals surface area contributed by atoms with Crippen LogP contribution in [0, 0.1) is 29.6 Å². The predicted octanol–water partition coefficient (Wildman–Crippen LogP) is 4.26. The fourth-order valence-electron chi connectivity index (χ4n) is 9.54. The van der Waals surface area contributed by atoms with Crippen LogP contribution in [0.15, 0.2) is 23.3 Å². The van der Waals surface area contributed by atoms with E-state index in [9.17, 15) is 34.8 Å². The molecule has 0 spiro atoms. The predicted molar refractivity (Wildman–Crippen MR) is 209 cm³/mol. The number of ketones is 1. The van der Waals surface area contributed by atoms with E-state index in [1.54, 1.807) is 35.2 Å². The minimum Gasteiger partial charge on any atom is -0.456 e. The summed E-state index contributed by atoms with van der Waals surface area (Å²) in [6, 6.07) is -1.07. The number of fused-ring (bicyclic) bond motifs is 3. The van der Waals surface area contributed by atoms with Crippen LogP contribution in [-0.4, -0.2) is 132 Å². The molecular weight excluding hydrogens is 722 g/mol. The highest BCUT2D eigenvalue weighted by Gasteiger charge is 2.56. The molecule has 56 heavy (non-hydrogen) atoms. The molecule has 13 nitrogen and oxygen atoms in total. The first kappa shape index (κ1) is 46.5. The van der Waals surface area contributed by atoms with Crippen molar-refractivity contribution < 1.29 is 58.5 Å². The number of esters is 1. The molecule has 0 radical (unpaired) electrons. The number of aliphatic hydroxyl groups excluding tert-OH is 3. The summed E-state index contributed by atoms with van der Waals surface area (Å²) >= 11 is 0. The number of hydrogen-bond donors (Lipinski definition) is 4. The number of rotatable bonds is 6. The highest BCUT2D eigenvalue weighted by Crippen LogP contribution is 2.40. The number of piperidine rings is 1. The van der Waals surface area contributed by atoms with E-state index in [1.165, 1.54) is 4.90 Å². The maximum atomic E-state index is 14.3. The lowest BCUT2D eigenvalue weighted by molar-refractivity contribution is -0.346. The Morgan fingerprint density at radius 2 is 1.57 bits per heavy atom. The summed E-state index contributed by atoms with van der Waals surface area (Å²) in [5.41, 5.74) is 1.69. The summed E-state index contributed by atoms with van der Waals surface area (Å²) in [4.78, 5) is 43.7. The average molecular weight is 794 g/mol. The second kappa shape index (κ2) is 20.6. The van der Waals surface area contributed by atoms with Crippen molar-refractivity contribution in [3.8, 4) is 0 Å². The van der Waals surface area contributed by atoms with Crippen LogP contribution in [0.5, 0.6) is 0 Å². The van der Waals surface area contributed by atoms with E-state index in [0.29, 0.717) is 56.9 Å². The third-order valence-corrected chi connectivity index (χ3v) is 13.1. The monoisotopic (exact) mass is 793 g/mol. The van der Waals surface area contributed by atoms with Crippen LogP contribution in [-0.2, 0) is 38.1 Å². The van der Waals surface area contributed by atoms with Crippen molar-refractivity contribution in [1.82, 2.24) is 4.90 Å². The van der Waals surface area contributed by atoms with Gasteiger partial charge in [0.2, 0.25) is 5.79 Å². The molecule has 4 N–H and O–H groups in total. The summed E-state index contributed by atoms with van der Waals surface area (Å²) in [6.45, 7) is 11.4. The molecule has 3 fully saturated rings. The summed E-state index contributed by atoms with van der Waals surface area (Å²) in [5.74, 6) is -5.73. The van der Waals surface area contributed by atoms with Gasteiger partial charge in [-0.25, -0.2) is 4.79 Å². The number of carbonyl (C=O) groups excluding carboxylic acids is 3. The molecule has 1 saturated carbocycles. The van der Waals surface area contributed by atoms with Crippen LogP contribution in [0.4, 0.5) is 0 Å². The molecule has 13 heteroatoms. The maximum Gasteiger partial charge on any atom is 0.329 e. The van der Waals surface area contributed by atoms with Crippen molar-refractivity contribution in [2.45, 2.75) is 173 Å². The second-order valence-electron chi connectivity index (χ2n) is 17.3. The molecule has 0 aromatic rings. The van der Waals surface area contributed by atoms with Crippen LogP contribution in [0.2, 0.25) is 0 Å². The number of cyclic esters (lactones) is 1. The van der Waals surface area contributed by atoms with Crippen molar-refractivity contribution in [3.63, 3.8) is 0 Å². The number of amides is 1. The molecule has 15 atom stereocenters. The Kier molecular flexibility index (Phi) is 17.1. The van der Waals surface area contributed by atoms with Gasteiger partial charge in [-0.15, -0.1) is 0 Å². The standard InChI is InChI=1S/C43H71NO12/c1-10-30-18-24(2)17-25(3)19-36(53-8)39-37(54-9)21-27(5)43(51,56-39)40(48)41(49)44-16-12-11-13-31(44)42(50)55-38(28(6)33(46)23-34(30)47)26(4)20-29-14-15-32(45)35(22-29)52-7/h18,20,25,27-33,35-40,45-46,48,51H,10-17,19,21-23H2,1-9H3/b24-18+,26-20?. The SMILES string of the molecule is CCC1/C=C(\C)CC(C)CC(OC)C2OC(O)(C(C)CC2OC)C(O)C(=O)N2CCCCC2C(=O)OC(C(C)=CC2CCC(O)C(OC)C2)C(C)C(O)CC1=O. The van der Waals surface area contributed by atoms with Gasteiger partial charge in [0.05, 0.1) is 30.5 Å². The fraction of sp³-hybridized carbons (Fsp3) is 0.837. The zero-order valence-electron chi connectivity index (χ0n) is 35.2. The smallest absolute Gasteiger partial charge is 0.329 e. The van der Waals surface area contributed by atoms with Gasteiger partial charge >= 0.3 is 5.97 Å². The largest absolute Gasteiger partial charge is 0.456 e. The molecule has 4 aliphatic rings. The number of hydrogen-bond acceptors (Lipinski definition) is 12. The van der Waals surface area contributed by atoms with Crippen LogP contribution in [0.25, 0.3) is 0 Å². The molecule has 2 bridgehead atoms. The number of Topliss-reactive ketones (excluding diaryl/α,β-unsaturated/α-hetero) is 1. The zero-order valence-corrected chi connectivity index (χ0v) is 35.2. The number of nitrogens with zero attached hydrogens (tertiary/aromatic N) is 1. The molecule has 1 aliphatic carbocycles. The number of carbonyl (C=O) groups is 3. The minimum atomic E-state index is -2.31. The van der Waals surface area contributed by atoms with E-state index in [-0.39, 0.29) is 49.5 Å². The van der Waals surface area contributed by atoms with E-state index in [4.69, 9.17) is 23.7 Å². The minimum absolute atomic E-state index is 0.0125. The Labute approximate surface area is 334 Å². The number of ether oxygens (including phenoxy) is 5. The molecular formula is C43H71NO12. The summed E-state index contributed by atoms with van der Waals surface area (Å²) in [6.07, 6.45) is 2.19. The van der Waals surface area contributed by atoms with Crippen LogP contribution in [0.3, 0.4) is 0 Å². The molecule has 15 unspecified atom stereocenters. The van der Waals surface area contributed by atoms with Gasteiger partial charge in [0.25, 0.3) is 5.91 Å². The summed E-state index contributed by atoms with van der Waals surface area (Å²) in [5, 5.41) is 46.0. The Morgan fingerprint density at radius 1 is 0.911 bits per heavy atom. The first-order chi connectivity index (χ1) is 26.5. The molecule has 0 aromatic heterocycles.